The number of aryl methyl sites for hydroxylation is 1. The maximum Gasteiger partial charge on any atom is 0.347 e. The molecule has 0 aliphatic carbocycles. The second-order valence-electron chi connectivity index (χ2n) is 5.03. The van der Waals surface area contributed by atoms with Gasteiger partial charge in [-0.1, -0.05) is 20.8 Å². The topological polar surface area (TPSA) is 63.1 Å². The van der Waals surface area contributed by atoms with Gasteiger partial charge in [-0.25, -0.2) is 14.8 Å². The lowest BCUT2D eigenvalue weighted by Gasteiger charge is -2.13. The van der Waals surface area contributed by atoms with Gasteiger partial charge in [0.25, 0.3) is 0 Å². The number of carboxylic acid groups (broad SMARTS) is 1. The predicted octanol–water partition coefficient (Wildman–Crippen LogP) is 3.57. The predicted molar refractivity (Wildman–Crippen MR) is 73.6 cm³/mol. The van der Waals surface area contributed by atoms with Crippen molar-refractivity contribution in [3.8, 4) is 10.7 Å². The van der Waals surface area contributed by atoms with E-state index in [0.29, 0.717) is 10.7 Å². The van der Waals surface area contributed by atoms with Gasteiger partial charge in [0, 0.05) is 10.8 Å². The van der Waals surface area contributed by atoms with E-state index in [-0.39, 0.29) is 10.3 Å². The number of hydrogen-bond donors (Lipinski definition) is 1. The van der Waals surface area contributed by atoms with Crippen LogP contribution in [0.4, 0.5) is 0 Å². The summed E-state index contributed by atoms with van der Waals surface area (Å²) < 4.78 is 0. The molecule has 2 aromatic rings. The minimum Gasteiger partial charge on any atom is -0.477 e. The number of carboxylic acids is 1. The van der Waals surface area contributed by atoms with Gasteiger partial charge in [0.15, 0.2) is 0 Å². The molecular formula is C12H14N2O2S2. The Kier molecular flexibility index (Phi) is 3.25. The van der Waals surface area contributed by atoms with Gasteiger partial charge in [-0.2, -0.15) is 0 Å². The molecule has 2 aromatic heterocycles. The van der Waals surface area contributed by atoms with Crippen LogP contribution in [0.15, 0.2) is 5.38 Å². The number of aromatic nitrogens is 2. The number of thiazole rings is 2. The molecule has 96 valence electrons. The molecule has 0 aromatic carbocycles. The number of rotatable bonds is 2. The molecule has 0 spiro atoms. The summed E-state index contributed by atoms with van der Waals surface area (Å²) in [4.78, 5) is 20.1. The minimum atomic E-state index is -0.928. The Balaban J connectivity index is 2.41. The lowest BCUT2D eigenvalue weighted by molar-refractivity contribution is 0.0701. The summed E-state index contributed by atoms with van der Waals surface area (Å²) in [7, 11) is 0. The van der Waals surface area contributed by atoms with Gasteiger partial charge in [-0.05, 0) is 6.92 Å². The maximum atomic E-state index is 11.0. The highest BCUT2D eigenvalue weighted by Crippen LogP contribution is 2.32. The summed E-state index contributed by atoms with van der Waals surface area (Å²) in [6.45, 7) is 8.02. The van der Waals surface area contributed by atoms with Crippen LogP contribution < -0.4 is 0 Å². The van der Waals surface area contributed by atoms with Crippen molar-refractivity contribution in [3.63, 3.8) is 0 Å². The van der Waals surface area contributed by atoms with E-state index in [1.165, 1.54) is 11.3 Å². The fourth-order valence-corrected chi connectivity index (χ4v) is 3.25. The van der Waals surface area contributed by atoms with Crippen LogP contribution >= 0.6 is 22.7 Å². The highest BCUT2D eigenvalue weighted by molar-refractivity contribution is 7.17. The number of carbonyl (C=O) groups is 1. The summed E-state index contributed by atoms with van der Waals surface area (Å²) >= 11 is 2.76. The van der Waals surface area contributed by atoms with E-state index < -0.39 is 5.97 Å². The first-order valence-electron chi connectivity index (χ1n) is 5.46. The van der Waals surface area contributed by atoms with Crippen molar-refractivity contribution in [2.45, 2.75) is 33.1 Å². The van der Waals surface area contributed by atoms with Crippen LogP contribution in [0.25, 0.3) is 10.7 Å². The van der Waals surface area contributed by atoms with Gasteiger partial charge in [0.1, 0.15) is 15.6 Å². The van der Waals surface area contributed by atoms with Crippen LogP contribution in [0, 0.1) is 6.92 Å². The van der Waals surface area contributed by atoms with Crippen molar-refractivity contribution in [2.75, 3.05) is 0 Å². The lowest BCUT2D eigenvalue weighted by atomic mass is 9.98. The highest BCUT2D eigenvalue weighted by Gasteiger charge is 2.21. The Bertz CT molecular complexity index is 593. The van der Waals surface area contributed by atoms with Gasteiger partial charge >= 0.3 is 5.97 Å². The molecule has 0 radical (unpaired) electrons. The standard InChI is InChI=1S/C12H14N2O2S2/c1-6-8(10(15)16)18-9(13-6)7-5-17-11(14-7)12(2,3)4/h5H,1-4H3,(H,15,16). The molecule has 18 heavy (non-hydrogen) atoms. The highest BCUT2D eigenvalue weighted by atomic mass is 32.1. The van der Waals surface area contributed by atoms with Crippen LogP contribution in [0.2, 0.25) is 0 Å². The summed E-state index contributed by atoms with van der Waals surface area (Å²) in [5.74, 6) is -0.928. The van der Waals surface area contributed by atoms with Gasteiger partial charge in [0.2, 0.25) is 0 Å². The Labute approximate surface area is 113 Å². The summed E-state index contributed by atoms with van der Waals surface area (Å²) in [5.41, 5.74) is 1.32. The van der Waals surface area contributed by atoms with Crippen molar-refractivity contribution in [1.82, 2.24) is 9.97 Å². The first-order valence-corrected chi connectivity index (χ1v) is 7.16. The van der Waals surface area contributed by atoms with Crippen LogP contribution in [-0.2, 0) is 5.41 Å². The van der Waals surface area contributed by atoms with E-state index in [9.17, 15) is 4.79 Å². The fraction of sp³-hybridized carbons (Fsp3) is 0.417. The van der Waals surface area contributed by atoms with E-state index in [2.05, 4.69) is 30.7 Å². The summed E-state index contributed by atoms with van der Waals surface area (Å²) in [6, 6.07) is 0. The third-order valence-corrected chi connectivity index (χ3v) is 4.79. The van der Waals surface area contributed by atoms with Gasteiger partial charge in [0.05, 0.1) is 10.7 Å². The summed E-state index contributed by atoms with van der Waals surface area (Å²) in [5, 5.41) is 12.7. The largest absolute Gasteiger partial charge is 0.477 e. The quantitative estimate of drug-likeness (QED) is 0.914. The number of aromatic carboxylic acids is 1. The average Bonchev–Trinajstić information content (AvgIpc) is 2.81. The first-order chi connectivity index (χ1) is 8.29. The minimum absolute atomic E-state index is 0.00481. The molecule has 2 rings (SSSR count). The van der Waals surface area contributed by atoms with Gasteiger partial charge < -0.3 is 5.11 Å². The van der Waals surface area contributed by atoms with Crippen molar-refractivity contribution >= 4 is 28.6 Å². The van der Waals surface area contributed by atoms with Crippen LogP contribution in [0.3, 0.4) is 0 Å². The van der Waals surface area contributed by atoms with Gasteiger partial charge in [-0.3, -0.25) is 0 Å². The molecule has 0 saturated heterocycles. The third kappa shape index (κ3) is 2.44. The fourth-order valence-electron chi connectivity index (χ4n) is 1.42. The Morgan fingerprint density at radius 1 is 1.33 bits per heavy atom. The number of hydrogen-bond acceptors (Lipinski definition) is 5. The maximum absolute atomic E-state index is 11.0. The molecule has 6 heteroatoms. The normalized spacial score (nSPS) is 11.8. The van der Waals surface area contributed by atoms with Gasteiger partial charge in [-0.15, -0.1) is 22.7 Å². The van der Waals surface area contributed by atoms with Crippen LogP contribution in [0.1, 0.15) is 41.1 Å². The van der Waals surface area contributed by atoms with E-state index in [1.807, 2.05) is 5.38 Å². The molecule has 4 nitrogen and oxygen atoms in total. The monoisotopic (exact) mass is 282 g/mol. The second kappa shape index (κ2) is 4.44. The average molecular weight is 282 g/mol. The first kappa shape index (κ1) is 13.2. The third-order valence-electron chi connectivity index (χ3n) is 2.36. The molecule has 0 aliphatic heterocycles. The molecule has 0 fully saturated rings. The second-order valence-corrected chi connectivity index (χ2v) is 6.88. The van der Waals surface area contributed by atoms with E-state index in [1.54, 1.807) is 18.3 Å². The zero-order valence-electron chi connectivity index (χ0n) is 10.6. The van der Waals surface area contributed by atoms with Crippen LogP contribution in [0.5, 0.6) is 0 Å². The molecule has 0 amide bonds. The molecule has 0 saturated carbocycles. The zero-order valence-corrected chi connectivity index (χ0v) is 12.3. The van der Waals surface area contributed by atoms with Crippen molar-refractivity contribution < 1.29 is 9.90 Å². The number of nitrogens with zero attached hydrogens (tertiary/aromatic N) is 2. The van der Waals surface area contributed by atoms with Crippen molar-refractivity contribution in [1.29, 1.82) is 0 Å². The van der Waals surface area contributed by atoms with Crippen molar-refractivity contribution in [2.24, 2.45) is 0 Å². The molecule has 0 atom stereocenters. The Hall–Kier alpha value is -1.27. The van der Waals surface area contributed by atoms with E-state index in [0.717, 1.165) is 10.7 Å². The lowest BCUT2D eigenvalue weighted by Crippen LogP contribution is -2.10. The zero-order chi connectivity index (χ0) is 13.5. The molecule has 0 unspecified atom stereocenters. The molecule has 1 N–H and O–H groups in total. The van der Waals surface area contributed by atoms with E-state index in [4.69, 9.17) is 5.11 Å². The SMILES string of the molecule is Cc1nc(-c2csc(C(C)(C)C)n2)sc1C(=O)O. The Morgan fingerprint density at radius 2 is 2.00 bits per heavy atom. The summed E-state index contributed by atoms with van der Waals surface area (Å²) in [6.07, 6.45) is 0. The molecule has 0 aliphatic rings. The van der Waals surface area contributed by atoms with E-state index >= 15 is 0 Å². The Morgan fingerprint density at radius 3 is 2.44 bits per heavy atom. The van der Waals surface area contributed by atoms with Crippen LogP contribution in [-0.4, -0.2) is 21.0 Å². The smallest absolute Gasteiger partial charge is 0.347 e. The molecular weight excluding hydrogens is 268 g/mol. The molecule has 0 bridgehead atoms. The van der Waals surface area contributed by atoms with Crippen molar-refractivity contribution in [3.05, 3.63) is 21.0 Å². The molecule has 2 heterocycles.